The van der Waals surface area contributed by atoms with Crippen LogP contribution in [0.5, 0.6) is 0 Å². The quantitative estimate of drug-likeness (QED) is 0.456. The van der Waals surface area contributed by atoms with Gasteiger partial charge in [0.25, 0.3) is 5.69 Å². The summed E-state index contributed by atoms with van der Waals surface area (Å²) < 4.78 is 27.7. The minimum Gasteiger partial charge on any atom is -0.303 e. The molecular formula is C18H16N2O5S. The highest BCUT2D eigenvalue weighted by Gasteiger charge is 2.67. The molecule has 0 radical (unpaired) electrons. The number of non-ortho nitro benzene ring substituents is 1. The lowest BCUT2D eigenvalue weighted by Crippen LogP contribution is -2.34. The van der Waals surface area contributed by atoms with Crippen molar-refractivity contribution in [1.82, 2.24) is 4.31 Å². The molecule has 0 aromatic heterocycles. The number of piperidine rings is 1. The molecule has 0 bridgehead atoms. The number of hydrogen-bond donors (Lipinski definition) is 0. The molecule has 2 aromatic carbocycles. The summed E-state index contributed by atoms with van der Waals surface area (Å²) in [5, 5.41) is 10.8. The second kappa shape index (κ2) is 5.72. The molecule has 1 heterocycles. The molecule has 7 nitrogen and oxygen atoms in total. The van der Waals surface area contributed by atoms with Crippen molar-refractivity contribution in [1.29, 1.82) is 0 Å². The Balaban J connectivity index is 1.74. The van der Waals surface area contributed by atoms with E-state index in [4.69, 9.17) is 0 Å². The van der Waals surface area contributed by atoms with Crippen LogP contribution in [-0.2, 0) is 14.8 Å². The number of sulfonamides is 1. The van der Waals surface area contributed by atoms with E-state index >= 15 is 0 Å². The number of carbonyl (C=O) groups excluding carboxylic acids is 1. The number of aldehydes is 1. The smallest absolute Gasteiger partial charge is 0.269 e. The predicted octanol–water partition coefficient (Wildman–Crippen LogP) is 2.55. The zero-order chi connectivity index (χ0) is 18.5. The van der Waals surface area contributed by atoms with E-state index in [0.717, 1.165) is 11.8 Å². The maximum absolute atomic E-state index is 13.2. The highest BCUT2D eigenvalue weighted by atomic mass is 32.2. The van der Waals surface area contributed by atoms with Gasteiger partial charge in [-0.2, -0.15) is 4.31 Å². The van der Waals surface area contributed by atoms with Gasteiger partial charge >= 0.3 is 0 Å². The molecule has 1 aliphatic carbocycles. The minimum atomic E-state index is -3.88. The van der Waals surface area contributed by atoms with Gasteiger partial charge in [0.1, 0.15) is 6.29 Å². The van der Waals surface area contributed by atoms with E-state index in [2.05, 4.69) is 0 Å². The average Bonchev–Trinajstić information content (AvgIpc) is 3.27. The van der Waals surface area contributed by atoms with Gasteiger partial charge in [0.05, 0.1) is 15.9 Å². The van der Waals surface area contributed by atoms with Crippen LogP contribution >= 0.6 is 0 Å². The Morgan fingerprint density at radius 2 is 1.77 bits per heavy atom. The van der Waals surface area contributed by atoms with Crippen LogP contribution in [-0.4, -0.2) is 30.5 Å². The Morgan fingerprint density at radius 1 is 1.12 bits per heavy atom. The molecule has 1 saturated heterocycles. The maximum atomic E-state index is 13.2. The maximum Gasteiger partial charge on any atom is 0.269 e. The molecule has 3 unspecified atom stereocenters. The fraction of sp³-hybridized carbons (Fsp3) is 0.278. The third-order valence-electron chi connectivity index (χ3n) is 5.35. The summed E-state index contributed by atoms with van der Waals surface area (Å²) in [4.78, 5) is 21.8. The van der Waals surface area contributed by atoms with Crippen molar-refractivity contribution in [2.24, 2.45) is 11.3 Å². The van der Waals surface area contributed by atoms with Gasteiger partial charge in [0, 0.05) is 24.1 Å². The molecule has 134 valence electrons. The number of hydrogen-bond acceptors (Lipinski definition) is 5. The van der Waals surface area contributed by atoms with Crippen LogP contribution in [0.4, 0.5) is 5.69 Å². The van der Waals surface area contributed by atoms with Crippen LogP contribution in [0, 0.1) is 21.4 Å². The van der Waals surface area contributed by atoms with Crippen LogP contribution in [0.15, 0.2) is 59.5 Å². The van der Waals surface area contributed by atoms with Crippen LogP contribution < -0.4 is 0 Å². The standard InChI is InChI=1S/C18H16N2O5S/c21-12-18-10-16(18)17(13-4-2-1-3-5-13)19(11-18)26(24,25)15-8-6-14(7-9-15)20(22)23/h1-9,12,16-17H,10-11H2. The lowest BCUT2D eigenvalue weighted by atomic mass is 10.0. The van der Waals surface area contributed by atoms with E-state index in [9.17, 15) is 23.3 Å². The Kier molecular flexibility index (Phi) is 3.71. The Bertz CT molecular complexity index is 974. The summed E-state index contributed by atoms with van der Waals surface area (Å²) in [6.07, 6.45) is 1.56. The lowest BCUT2D eigenvalue weighted by molar-refractivity contribution is -0.384. The largest absolute Gasteiger partial charge is 0.303 e. The molecule has 1 aliphatic heterocycles. The zero-order valence-electron chi connectivity index (χ0n) is 13.7. The first kappa shape index (κ1) is 16.9. The van der Waals surface area contributed by atoms with Crippen molar-refractivity contribution >= 4 is 22.0 Å². The molecule has 3 atom stereocenters. The fourth-order valence-corrected chi connectivity index (χ4v) is 5.61. The SMILES string of the molecule is O=CC12CC1C(c1ccccc1)N(S(=O)(=O)c1ccc([N+](=O)[O-])cc1)C2. The second-order valence-electron chi connectivity index (χ2n) is 6.82. The van der Waals surface area contributed by atoms with Crippen LogP contribution in [0.1, 0.15) is 18.0 Å². The van der Waals surface area contributed by atoms with E-state index < -0.39 is 26.4 Å². The molecule has 8 heteroatoms. The number of fused-ring (bicyclic) bond motifs is 1. The molecule has 1 saturated carbocycles. The molecule has 2 aromatic rings. The molecule has 0 spiro atoms. The summed E-state index contributed by atoms with van der Waals surface area (Å²) in [7, 11) is -3.88. The van der Waals surface area contributed by atoms with E-state index in [1.54, 1.807) is 0 Å². The molecule has 2 fully saturated rings. The van der Waals surface area contributed by atoms with Crippen molar-refractivity contribution in [3.8, 4) is 0 Å². The number of carbonyl (C=O) groups is 1. The van der Waals surface area contributed by atoms with Gasteiger partial charge in [-0.15, -0.1) is 0 Å². The number of nitro groups is 1. The molecular weight excluding hydrogens is 356 g/mol. The Morgan fingerprint density at radius 3 is 2.35 bits per heavy atom. The fourth-order valence-electron chi connectivity index (χ4n) is 3.88. The normalized spacial score (nSPS) is 27.7. The van der Waals surface area contributed by atoms with Crippen molar-refractivity contribution in [3.63, 3.8) is 0 Å². The van der Waals surface area contributed by atoms with Gasteiger partial charge < -0.3 is 4.79 Å². The topological polar surface area (TPSA) is 97.6 Å². The van der Waals surface area contributed by atoms with Gasteiger partial charge in [-0.3, -0.25) is 10.1 Å². The molecule has 4 rings (SSSR count). The highest BCUT2D eigenvalue weighted by molar-refractivity contribution is 7.89. The third kappa shape index (κ3) is 2.45. The Labute approximate surface area is 150 Å². The third-order valence-corrected chi connectivity index (χ3v) is 7.19. The van der Waals surface area contributed by atoms with E-state index in [-0.39, 0.29) is 23.0 Å². The van der Waals surface area contributed by atoms with Crippen molar-refractivity contribution in [2.45, 2.75) is 17.4 Å². The molecule has 0 N–H and O–H groups in total. The first-order valence-corrected chi connectivity index (χ1v) is 9.61. The van der Waals surface area contributed by atoms with Crippen LogP contribution in [0.3, 0.4) is 0 Å². The first-order valence-electron chi connectivity index (χ1n) is 8.17. The summed E-state index contributed by atoms with van der Waals surface area (Å²) in [5.74, 6) is -0.0322. The van der Waals surface area contributed by atoms with Crippen molar-refractivity contribution in [3.05, 3.63) is 70.3 Å². The number of rotatable bonds is 5. The summed E-state index contributed by atoms with van der Waals surface area (Å²) in [6.45, 7) is 0.139. The first-order chi connectivity index (χ1) is 12.4. The second-order valence-corrected chi connectivity index (χ2v) is 8.71. The summed E-state index contributed by atoms with van der Waals surface area (Å²) in [5.41, 5.74) is 0.0651. The number of nitrogens with zero attached hydrogens (tertiary/aromatic N) is 2. The number of benzene rings is 2. The van der Waals surface area contributed by atoms with Gasteiger partial charge in [-0.05, 0) is 30.0 Å². The average molecular weight is 372 g/mol. The van der Waals surface area contributed by atoms with E-state index in [0.29, 0.717) is 6.42 Å². The molecule has 26 heavy (non-hydrogen) atoms. The van der Waals surface area contributed by atoms with Gasteiger partial charge in [0.2, 0.25) is 10.0 Å². The summed E-state index contributed by atoms with van der Waals surface area (Å²) in [6, 6.07) is 13.7. The van der Waals surface area contributed by atoms with Gasteiger partial charge in [-0.1, -0.05) is 30.3 Å². The van der Waals surface area contributed by atoms with Gasteiger partial charge in [-0.25, -0.2) is 8.42 Å². The highest BCUT2D eigenvalue weighted by Crippen LogP contribution is 2.65. The van der Waals surface area contributed by atoms with E-state index in [1.165, 1.54) is 28.6 Å². The van der Waals surface area contributed by atoms with E-state index in [1.807, 2.05) is 30.3 Å². The van der Waals surface area contributed by atoms with Crippen LogP contribution in [0.2, 0.25) is 0 Å². The number of nitro benzene ring substituents is 1. The van der Waals surface area contributed by atoms with Crippen LogP contribution in [0.25, 0.3) is 0 Å². The lowest BCUT2D eigenvalue weighted by Gasteiger charge is -2.27. The van der Waals surface area contributed by atoms with Crippen molar-refractivity contribution in [2.75, 3.05) is 6.54 Å². The molecule has 0 amide bonds. The molecule has 2 aliphatic rings. The monoisotopic (exact) mass is 372 g/mol. The predicted molar refractivity (Wildman–Crippen MR) is 92.8 cm³/mol. The van der Waals surface area contributed by atoms with Crippen molar-refractivity contribution < 1.29 is 18.1 Å². The van der Waals surface area contributed by atoms with Gasteiger partial charge in [0.15, 0.2) is 0 Å². The summed E-state index contributed by atoms with van der Waals surface area (Å²) >= 11 is 0. The Hall–Kier alpha value is -2.58. The zero-order valence-corrected chi connectivity index (χ0v) is 14.5. The minimum absolute atomic E-state index is 0.00798.